The minimum Gasteiger partial charge on any atom is -0.480 e. The maximum absolute atomic E-state index is 12.2. The predicted molar refractivity (Wildman–Crippen MR) is 82.9 cm³/mol. The molecule has 5 heteroatoms. The number of ketones is 1. The van der Waals surface area contributed by atoms with Crippen molar-refractivity contribution in [1.29, 1.82) is 0 Å². The van der Waals surface area contributed by atoms with Crippen LogP contribution in [0.2, 0.25) is 0 Å². The molecule has 0 aromatic heterocycles. The molecule has 1 unspecified atom stereocenters. The van der Waals surface area contributed by atoms with Crippen LogP contribution in [-0.4, -0.2) is 22.9 Å². The van der Waals surface area contributed by atoms with Crippen LogP contribution in [0.25, 0.3) is 0 Å². The van der Waals surface area contributed by atoms with Gasteiger partial charge in [-0.15, -0.1) is 12.4 Å². The molecular weight excluding hydrogens is 290 g/mol. The van der Waals surface area contributed by atoms with Crippen LogP contribution in [0.3, 0.4) is 0 Å². The number of rotatable bonds is 5. The van der Waals surface area contributed by atoms with Crippen LogP contribution in [0.5, 0.6) is 0 Å². The SMILES string of the molecule is Cl.NC(Cc1ccc(C(=O)c2ccccc2)cc1)C(=O)O. The average molecular weight is 306 g/mol. The minimum atomic E-state index is -1.03. The van der Waals surface area contributed by atoms with Gasteiger partial charge in [0.15, 0.2) is 5.78 Å². The van der Waals surface area contributed by atoms with Crippen LogP contribution in [0.15, 0.2) is 54.6 Å². The summed E-state index contributed by atoms with van der Waals surface area (Å²) in [7, 11) is 0. The van der Waals surface area contributed by atoms with Crippen LogP contribution >= 0.6 is 12.4 Å². The van der Waals surface area contributed by atoms with E-state index in [1.54, 1.807) is 36.4 Å². The predicted octanol–water partition coefficient (Wildman–Crippen LogP) is 2.29. The summed E-state index contributed by atoms with van der Waals surface area (Å²) >= 11 is 0. The first-order valence-electron chi connectivity index (χ1n) is 6.25. The maximum Gasteiger partial charge on any atom is 0.320 e. The Bertz CT molecular complexity index is 611. The van der Waals surface area contributed by atoms with E-state index in [0.717, 1.165) is 5.56 Å². The Morgan fingerprint density at radius 3 is 2.00 bits per heavy atom. The molecule has 0 aliphatic heterocycles. The van der Waals surface area contributed by atoms with Gasteiger partial charge in [-0.2, -0.15) is 0 Å². The molecule has 4 nitrogen and oxygen atoms in total. The standard InChI is InChI=1S/C16H15NO3.ClH/c17-14(16(19)20)10-11-6-8-13(9-7-11)15(18)12-4-2-1-3-5-12;/h1-9,14H,10,17H2,(H,19,20);1H. The van der Waals surface area contributed by atoms with Gasteiger partial charge in [-0.25, -0.2) is 0 Å². The number of benzene rings is 2. The second kappa shape index (κ2) is 7.57. The molecule has 0 amide bonds. The smallest absolute Gasteiger partial charge is 0.320 e. The molecule has 0 saturated heterocycles. The molecule has 21 heavy (non-hydrogen) atoms. The van der Waals surface area contributed by atoms with Gasteiger partial charge in [0, 0.05) is 11.1 Å². The van der Waals surface area contributed by atoms with Gasteiger partial charge in [0.25, 0.3) is 0 Å². The molecule has 0 spiro atoms. The summed E-state index contributed by atoms with van der Waals surface area (Å²) in [6, 6.07) is 14.9. The summed E-state index contributed by atoms with van der Waals surface area (Å²) in [5.74, 6) is -1.09. The molecule has 0 fully saturated rings. The molecule has 1 atom stereocenters. The van der Waals surface area contributed by atoms with Crippen LogP contribution in [0, 0.1) is 0 Å². The van der Waals surface area contributed by atoms with Gasteiger partial charge in [0.2, 0.25) is 0 Å². The Labute approximate surface area is 129 Å². The Kier molecular flexibility index (Phi) is 6.09. The van der Waals surface area contributed by atoms with Crippen molar-refractivity contribution < 1.29 is 14.7 Å². The molecule has 0 aliphatic rings. The molecule has 3 N–H and O–H groups in total. The number of hydrogen-bond acceptors (Lipinski definition) is 3. The second-order valence-electron chi connectivity index (χ2n) is 4.54. The summed E-state index contributed by atoms with van der Waals surface area (Å²) in [5.41, 5.74) is 7.47. The van der Waals surface area contributed by atoms with E-state index in [2.05, 4.69) is 0 Å². The summed E-state index contributed by atoms with van der Waals surface area (Å²) in [6.07, 6.45) is 0.245. The number of carbonyl (C=O) groups is 2. The van der Waals surface area contributed by atoms with E-state index in [1.165, 1.54) is 0 Å². The third-order valence-electron chi connectivity index (χ3n) is 3.02. The van der Waals surface area contributed by atoms with Gasteiger partial charge in [-0.3, -0.25) is 9.59 Å². The molecule has 110 valence electrons. The minimum absolute atomic E-state index is 0. The fraction of sp³-hybridized carbons (Fsp3) is 0.125. The number of nitrogens with two attached hydrogens (primary N) is 1. The summed E-state index contributed by atoms with van der Waals surface area (Å²) < 4.78 is 0. The molecule has 0 bridgehead atoms. The summed E-state index contributed by atoms with van der Waals surface area (Å²) in [6.45, 7) is 0. The van der Waals surface area contributed by atoms with Gasteiger partial charge in [0.1, 0.15) is 6.04 Å². The molecular formula is C16H16ClNO3. The topological polar surface area (TPSA) is 80.4 Å². The van der Waals surface area contributed by atoms with Crippen molar-refractivity contribution in [2.45, 2.75) is 12.5 Å². The van der Waals surface area contributed by atoms with Crippen molar-refractivity contribution >= 4 is 24.2 Å². The number of aliphatic carboxylic acids is 1. The quantitative estimate of drug-likeness (QED) is 0.831. The molecule has 2 rings (SSSR count). The molecule has 2 aromatic carbocycles. The highest BCUT2D eigenvalue weighted by Gasteiger charge is 2.13. The normalized spacial score (nSPS) is 11.3. The third kappa shape index (κ3) is 4.41. The Balaban J connectivity index is 0.00000220. The molecule has 0 saturated carbocycles. The Hall–Kier alpha value is -2.17. The first kappa shape index (κ1) is 16.9. The molecule has 0 radical (unpaired) electrons. The number of hydrogen-bond donors (Lipinski definition) is 2. The Morgan fingerprint density at radius 2 is 1.48 bits per heavy atom. The van der Waals surface area contributed by atoms with Crippen LogP contribution in [0.4, 0.5) is 0 Å². The van der Waals surface area contributed by atoms with Crippen molar-refractivity contribution in [3.63, 3.8) is 0 Å². The average Bonchev–Trinajstić information content (AvgIpc) is 2.48. The highest BCUT2D eigenvalue weighted by molar-refractivity contribution is 6.08. The van der Waals surface area contributed by atoms with E-state index in [0.29, 0.717) is 11.1 Å². The van der Waals surface area contributed by atoms with Gasteiger partial charge < -0.3 is 10.8 Å². The van der Waals surface area contributed by atoms with E-state index < -0.39 is 12.0 Å². The fourth-order valence-electron chi connectivity index (χ4n) is 1.89. The van der Waals surface area contributed by atoms with Gasteiger partial charge in [-0.05, 0) is 12.0 Å². The molecule has 2 aromatic rings. The van der Waals surface area contributed by atoms with Crippen LogP contribution < -0.4 is 5.73 Å². The van der Waals surface area contributed by atoms with E-state index in [9.17, 15) is 9.59 Å². The zero-order valence-electron chi connectivity index (χ0n) is 11.2. The van der Waals surface area contributed by atoms with Gasteiger partial charge in [-0.1, -0.05) is 54.6 Å². The number of halogens is 1. The van der Waals surface area contributed by atoms with Crippen molar-refractivity contribution in [3.8, 4) is 0 Å². The van der Waals surface area contributed by atoms with Crippen molar-refractivity contribution in [1.82, 2.24) is 0 Å². The number of carboxylic acids is 1. The summed E-state index contributed by atoms with van der Waals surface area (Å²) in [5, 5.41) is 8.76. The first-order chi connectivity index (χ1) is 9.58. The van der Waals surface area contributed by atoms with Gasteiger partial charge >= 0.3 is 5.97 Å². The summed E-state index contributed by atoms with van der Waals surface area (Å²) in [4.78, 5) is 22.9. The maximum atomic E-state index is 12.2. The Morgan fingerprint density at radius 1 is 0.952 bits per heavy atom. The lowest BCUT2D eigenvalue weighted by Crippen LogP contribution is -2.32. The van der Waals surface area contributed by atoms with Crippen LogP contribution in [-0.2, 0) is 11.2 Å². The number of carbonyl (C=O) groups excluding carboxylic acids is 1. The largest absolute Gasteiger partial charge is 0.480 e. The van der Waals surface area contributed by atoms with Crippen LogP contribution in [0.1, 0.15) is 21.5 Å². The highest BCUT2D eigenvalue weighted by atomic mass is 35.5. The molecule has 0 aliphatic carbocycles. The lowest BCUT2D eigenvalue weighted by atomic mass is 10.00. The molecule has 0 heterocycles. The first-order valence-corrected chi connectivity index (χ1v) is 6.25. The van der Waals surface area contributed by atoms with Crippen molar-refractivity contribution in [3.05, 3.63) is 71.3 Å². The lowest BCUT2D eigenvalue weighted by Gasteiger charge is -2.07. The van der Waals surface area contributed by atoms with Gasteiger partial charge in [0.05, 0.1) is 0 Å². The number of carboxylic acid groups (broad SMARTS) is 1. The fourth-order valence-corrected chi connectivity index (χ4v) is 1.89. The second-order valence-corrected chi connectivity index (χ2v) is 4.54. The zero-order chi connectivity index (χ0) is 14.5. The van der Waals surface area contributed by atoms with Crippen molar-refractivity contribution in [2.24, 2.45) is 5.73 Å². The van der Waals surface area contributed by atoms with Crippen molar-refractivity contribution in [2.75, 3.05) is 0 Å². The zero-order valence-corrected chi connectivity index (χ0v) is 12.0. The highest BCUT2D eigenvalue weighted by Crippen LogP contribution is 2.12. The van der Waals surface area contributed by atoms with E-state index in [-0.39, 0.29) is 24.6 Å². The van der Waals surface area contributed by atoms with E-state index >= 15 is 0 Å². The third-order valence-corrected chi connectivity index (χ3v) is 3.02. The lowest BCUT2D eigenvalue weighted by molar-refractivity contribution is -0.138. The van der Waals surface area contributed by atoms with E-state index in [1.807, 2.05) is 18.2 Å². The van der Waals surface area contributed by atoms with E-state index in [4.69, 9.17) is 10.8 Å². The monoisotopic (exact) mass is 305 g/mol.